The average molecular weight is 489 g/mol. The Hall–Kier alpha value is -5.01. The molecule has 0 amide bonds. The van der Waals surface area contributed by atoms with Crippen LogP contribution in [0.3, 0.4) is 0 Å². The summed E-state index contributed by atoms with van der Waals surface area (Å²) in [6.07, 6.45) is 0. The number of fused-ring (bicyclic) bond motifs is 9. The van der Waals surface area contributed by atoms with Gasteiger partial charge in [-0.25, -0.2) is 4.85 Å². The third kappa shape index (κ3) is 2.58. The Morgan fingerprint density at radius 2 is 1.32 bits per heavy atom. The zero-order chi connectivity index (χ0) is 25.5. The second kappa shape index (κ2) is 7.50. The molecule has 0 N–H and O–H groups in total. The number of para-hydroxylation sites is 3. The molecule has 0 aliphatic carbocycles. The molecular formula is C34H24N4. The first-order valence-electron chi connectivity index (χ1n) is 13.0. The number of aromatic nitrogens is 2. The second-order valence-corrected chi connectivity index (χ2v) is 10.3. The number of rotatable bonds is 2. The van der Waals surface area contributed by atoms with Gasteiger partial charge in [-0.15, -0.1) is 0 Å². The third-order valence-corrected chi connectivity index (χ3v) is 7.93. The lowest BCUT2D eigenvalue weighted by Gasteiger charge is -2.36. The first-order valence-corrected chi connectivity index (χ1v) is 13.0. The van der Waals surface area contributed by atoms with Crippen LogP contribution in [0.2, 0.25) is 0 Å². The zero-order valence-corrected chi connectivity index (χ0v) is 21.2. The molecule has 0 saturated carbocycles. The van der Waals surface area contributed by atoms with E-state index in [0.717, 1.165) is 17.1 Å². The van der Waals surface area contributed by atoms with E-state index in [2.05, 4.69) is 124 Å². The van der Waals surface area contributed by atoms with E-state index in [4.69, 9.17) is 6.57 Å². The minimum atomic E-state index is 0.215. The average Bonchev–Trinajstić information content (AvgIpc) is 3.47. The lowest BCUT2D eigenvalue weighted by atomic mass is 10.0. The van der Waals surface area contributed by atoms with Crippen LogP contribution in [-0.2, 0) is 0 Å². The SMILES string of the molecule is [C-]#[N+]c1ccc2c(c1)-n1c3ccccc3c3cc4c(c(c31)N2C(C)C)c1ccccc1n4-c1ccccc1. The lowest BCUT2D eigenvalue weighted by Crippen LogP contribution is -2.29. The largest absolute Gasteiger partial charge is 0.335 e. The molecule has 3 heterocycles. The molecule has 0 saturated heterocycles. The van der Waals surface area contributed by atoms with Crippen LogP contribution in [0, 0.1) is 6.57 Å². The van der Waals surface area contributed by atoms with Gasteiger partial charge in [-0.3, -0.25) is 0 Å². The number of anilines is 2. The second-order valence-electron chi connectivity index (χ2n) is 10.3. The molecule has 2 aromatic heterocycles. The van der Waals surface area contributed by atoms with E-state index >= 15 is 0 Å². The van der Waals surface area contributed by atoms with Gasteiger partial charge in [0, 0.05) is 33.3 Å². The fourth-order valence-corrected chi connectivity index (χ4v) is 6.51. The van der Waals surface area contributed by atoms with Crippen LogP contribution in [0.4, 0.5) is 17.1 Å². The van der Waals surface area contributed by atoms with Gasteiger partial charge in [-0.05, 0) is 56.3 Å². The summed E-state index contributed by atoms with van der Waals surface area (Å²) in [7, 11) is 0. The Bertz CT molecular complexity index is 2120. The monoisotopic (exact) mass is 488 g/mol. The fourth-order valence-electron chi connectivity index (χ4n) is 6.51. The molecule has 0 fully saturated rings. The van der Waals surface area contributed by atoms with Crippen molar-refractivity contribution >= 4 is 60.7 Å². The van der Waals surface area contributed by atoms with Gasteiger partial charge in [-0.2, -0.15) is 0 Å². The maximum absolute atomic E-state index is 7.69. The Balaban J connectivity index is 1.69. The molecule has 0 atom stereocenters. The van der Waals surface area contributed by atoms with Crippen molar-refractivity contribution in [2.24, 2.45) is 0 Å². The molecule has 0 bridgehead atoms. The molecular weight excluding hydrogens is 464 g/mol. The first kappa shape index (κ1) is 21.1. The molecule has 0 unspecified atom stereocenters. The number of nitrogens with zero attached hydrogens (tertiary/aromatic N) is 4. The summed E-state index contributed by atoms with van der Waals surface area (Å²) in [4.78, 5) is 6.26. The highest BCUT2D eigenvalue weighted by molar-refractivity contribution is 6.28. The predicted octanol–water partition coefficient (Wildman–Crippen LogP) is 9.29. The number of hydrogen-bond donors (Lipinski definition) is 0. The molecule has 0 radical (unpaired) electrons. The molecule has 1 aliphatic heterocycles. The van der Waals surface area contributed by atoms with Crippen molar-refractivity contribution in [2.45, 2.75) is 19.9 Å². The summed E-state index contributed by atoms with van der Waals surface area (Å²) in [5.41, 5.74) is 10.0. The molecule has 4 heteroatoms. The molecule has 4 nitrogen and oxygen atoms in total. The summed E-state index contributed by atoms with van der Waals surface area (Å²) >= 11 is 0. The van der Waals surface area contributed by atoms with Crippen molar-refractivity contribution in [2.75, 3.05) is 4.90 Å². The summed E-state index contributed by atoms with van der Waals surface area (Å²) in [5.74, 6) is 0. The predicted molar refractivity (Wildman–Crippen MR) is 159 cm³/mol. The zero-order valence-electron chi connectivity index (χ0n) is 21.2. The van der Waals surface area contributed by atoms with Crippen LogP contribution >= 0.6 is 0 Å². The third-order valence-electron chi connectivity index (χ3n) is 7.93. The van der Waals surface area contributed by atoms with Crippen LogP contribution in [0.1, 0.15) is 13.8 Å². The van der Waals surface area contributed by atoms with Crippen molar-refractivity contribution in [3.63, 3.8) is 0 Å². The molecule has 1 aliphatic rings. The van der Waals surface area contributed by atoms with Crippen molar-refractivity contribution in [1.82, 2.24) is 9.13 Å². The van der Waals surface area contributed by atoms with E-state index in [9.17, 15) is 0 Å². The summed E-state index contributed by atoms with van der Waals surface area (Å²) in [5, 5.41) is 4.95. The smallest absolute Gasteiger partial charge is 0.189 e. The van der Waals surface area contributed by atoms with Crippen LogP contribution in [-0.4, -0.2) is 15.2 Å². The van der Waals surface area contributed by atoms with Gasteiger partial charge in [0.05, 0.1) is 45.7 Å². The van der Waals surface area contributed by atoms with Crippen molar-refractivity contribution in [1.29, 1.82) is 0 Å². The van der Waals surface area contributed by atoms with E-state index in [1.165, 1.54) is 49.3 Å². The highest BCUT2D eigenvalue weighted by Crippen LogP contribution is 2.53. The number of benzene rings is 5. The Kier molecular flexibility index (Phi) is 4.17. The van der Waals surface area contributed by atoms with E-state index in [1.807, 2.05) is 12.1 Å². The Morgan fingerprint density at radius 3 is 2.05 bits per heavy atom. The van der Waals surface area contributed by atoms with Crippen LogP contribution in [0.5, 0.6) is 0 Å². The fraction of sp³-hybridized carbons (Fsp3) is 0.0882. The van der Waals surface area contributed by atoms with Gasteiger partial charge in [0.25, 0.3) is 0 Å². The Labute approximate surface area is 220 Å². The molecule has 7 aromatic rings. The Morgan fingerprint density at radius 1 is 0.632 bits per heavy atom. The van der Waals surface area contributed by atoms with Crippen LogP contribution in [0.15, 0.2) is 103 Å². The summed E-state index contributed by atoms with van der Waals surface area (Å²) < 4.78 is 4.79. The van der Waals surface area contributed by atoms with Gasteiger partial charge in [0.15, 0.2) is 5.69 Å². The topological polar surface area (TPSA) is 17.5 Å². The molecule has 38 heavy (non-hydrogen) atoms. The van der Waals surface area contributed by atoms with E-state index in [-0.39, 0.29) is 6.04 Å². The van der Waals surface area contributed by atoms with Gasteiger partial charge in [-0.1, -0.05) is 60.7 Å². The molecule has 8 rings (SSSR count). The maximum atomic E-state index is 7.69. The van der Waals surface area contributed by atoms with Crippen molar-refractivity contribution in [3.05, 3.63) is 115 Å². The summed E-state index contributed by atoms with van der Waals surface area (Å²) in [6, 6.07) is 36.8. The minimum Gasteiger partial charge on any atom is -0.335 e. The molecule has 5 aromatic carbocycles. The van der Waals surface area contributed by atoms with Gasteiger partial charge in [0.2, 0.25) is 0 Å². The standard InChI is InChI=1S/C34H24N4/c1-21(2)36-29-18-17-22(35-3)19-30(29)38-27-15-9-7-13-24(27)26-20-31-32(34(36)33(26)38)25-14-8-10-16-28(25)37(31)23-11-5-4-6-12-23/h4-21H,1-2H3. The minimum absolute atomic E-state index is 0.215. The highest BCUT2D eigenvalue weighted by Gasteiger charge is 2.32. The van der Waals surface area contributed by atoms with Gasteiger partial charge < -0.3 is 14.0 Å². The normalized spacial score (nSPS) is 12.6. The molecule has 0 spiro atoms. The first-order chi connectivity index (χ1) is 18.7. The summed E-state index contributed by atoms with van der Waals surface area (Å²) in [6.45, 7) is 12.2. The lowest BCUT2D eigenvalue weighted by molar-refractivity contribution is 0.784. The maximum Gasteiger partial charge on any atom is 0.189 e. The highest BCUT2D eigenvalue weighted by atomic mass is 15.2. The quantitative estimate of drug-likeness (QED) is 0.222. The van der Waals surface area contributed by atoms with Crippen molar-refractivity contribution < 1.29 is 0 Å². The van der Waals surface area contributed by atoms with Crippen molar-refractivity contribution in [3.8, 4) is 11.4 Å². The van der Waals surface area contributed by atoms with Gasteiger partial charge >= 0.3 is 0 Å². The van der Waals surface area contributed by atoms with E-state index < -0.39 is 0 Å². The number of hydrogen-bond acceptors (Lipinski definition) is 1. The van der Waals surface area contributed by atoms with Crippen LogP contribution in [0.25, 0.3) is 59.8 Å². The van der Waals surface area contributed by atoms with Crippen LogP contribution < -0.4 is 4.90 Å². The molecule has 180 valence electrons. The van der Waals surface area contributed by atoms with E-state index in [1.54, 1.807) is 0 Å². The van der Waals surface area contributed by atoms with Gasteiger partial charge in [0.1, 0.15) is 0 Å². The van der Waals surface area contributed by atoms with E-state index in [0.29, 0.717) is 5.69 Å².